The molecule has 1 atom stereocenters. The molecule has 31 heavy (non-hydrogen) atoms. The number of aliphatic hydroxyl groups is 1. The summed E-state index contributed by atoms with van der Waals surface area (Å²) in [5.41, 5.74) is 2.44. The molecule has 0 saturated heterocycles. The van der Waals surface area contributed by atoms with Crippen LogP contribution in [-0.4, -0.2) is 40.3 Å². The number of para-hydroxylation sites is 2. The molecule has 0 unspecified atom stereocenters. The molecule has 1 aliphatic carbocycles. The van der Waals surface area contributed by atoms with Crippen molar-refractivity contribution in [3.8, 4) is 5.75 Å². The van der Waals surface area contributed by atoms with Crippen LogP contribution < -0.4 is 9.64 Å². The Kier molecular flexibility index (Phi) is 5.98. The average Bonchev–Trinajstić information content (AvgIpc) is 3.14. The highest BCUT2D eigenvalue weighted by atomic mass is 32.2. The lowest BCUT2D eigenvalue weighted by molar-refractivity contribution is -0.656. The zero-order valence-electron chi connectivity index (χ0n) is 18.4. The van der Waals surface area contributed by atoms with Gasteiger partial charge in [0, 0.05) is 11.3 Å². The number of rotatable bonds is 5. The van der Waals surface area contributed by atoms with Gasteiger partial charge in [-0.2, -0.15) is 0 Å². The fourth-order valence-corrected chi connectivity index (χ4v) is 6.52. The molecule has 2 heterocycles. The highest BCUT2D eigenvalue weighted by Gasteiger charge is 2.53. The second-order valence-electron chi connectivity index (χ2n) is 8.90. The minimum absolute atomic E-state index is 0.516. The van der Waals surface area contributed by atoms with Gasteiger partial charge in [0.25, 0.3) is 5.72 Å². The Bertz CT molecular complexity index is 952. The molecule has 1 N–H and O–H groups in total. The highest BCUT2D eigenvalue weighted by Crippen LogP contribution is 2.41. The molecule has 0 aromatic heterocycles. The van der Waals surface area contributed by atoms with Crippen molar-refractivity contribution in [2.75, 3.05) is 30.3 Å². The van der Waals surface area contributed by atoms with Crippen LogP contribution in [0.25, 0.3) is 0 Å². The van der Waals surface area contributed by atoms with E-state index in [2.05, 4.69) is 39.8 Å². The second-order valence-corrected chi connectivity index (χ2v) is 9.96. The summed E-state index contributed by atoms with van der Waals surface area (Å²) in [5.74, 6) is 2.64. The topological polar surface area (TPSA) is 35.7 Å². The summed E-state index contributed by atoms with van der Waals surface area (Å²) in [5, 5.41) is 13.2. The Balaban J connectivity index is 1.48. The normalized spacial score (nSPS) is 24.4. The largest absolute Gasteiger partial charge is 0.489 e. The summed E-state index contributed by atoms with van der Waals surface area (Å²) < 4.78 is 8.13. The predicted octanol–water partition coefficient (Wildman–Crippen LogP) is 5.30. The molecular weight excluding hydrogens is 404 g/mol. The van der Waals surface area contributed by atoms with Crippen LogP contribution in [-0.2, 0) is 5.72 Å². The van der Waals surface area contributed by atoms with Gasteiger partial charge >= 0.3 is 5.17 Å². The number of anilines is 1. The van der Waals surface area contributed by atoms with Crippen molar-refractivity contribution in [2.24, 2.45) is 0 Å². The van der Waals surface area contributed by atoms with Gasteiger partial charge in [-0.15, -0.1) is 0 Å². The maximum atomic E-state index is 12.0. The summed E-state index contributed by atoms with van der Waals surface area (Å²) in [4.78, 5) is 2.25. The first-order valence-electron chi connectivity index (χ1n) is 11.8. The Morgan fingerprint density at radius 2 is 1.84 bits per heavy atom. The standard InChI is InChI=1S/C26H33N2O2S/c1-2-30-24-12-7-6-11-23(24)27-19-26(29,28-17-8-18-31-25(27)28)22-15-13-21(14-16-22)20-9-4-3-5-10-20/h6-7,11-16,20,29H,2-5,8-10,17-19H2,1H3/q+1/t26-/m1/s1. The number of hydrogen-bond donors (Lipinski definition) is 1. The lowest BCUT2D eigenvalue weighted by Crippen LogP contribution is -2.41. The third kappa shape index (κ3) is 3.87. The average molecular weight is 438 g/mol. The number of benzene rings is 2. The Hall–Kier alpha value is -1.98. The molecule has 0 amide bonds. The fraction of sp³-hybridized carbons (Fsp3) is 0.500. The lowest BCUT2D eigenvalue weighted by Gasteiger charge is -2.26. The van der Waals surface area contributed by atoms with Crippen LogP contribution in [0.4, 0.5) is 5.69 Å². The maximum absolute atomic E-state index is 12.0. The molecule has 4 nitrogen and oxygen atoms in total. The first-order valence-corrected chi connectivity index (χ1v) is 12.8. The van der Waals surface area contributed by atoms with Crippen molar-refractivity contribution >= 4 is 22.6 Å². The van der Waals surface area contributed by atoms with E-state index >= 15 is 0 Å². The van der Waals surface area contributed by atoms with E-state index in [1.807, 2.05) is 36.9 Å². The SMILES string of the molecule is CCOc1ccccc1N1C[C@@](O)(c2ccc(C3CCCCC3)cc2)[N+]2=C1SCCC2. The molecule has 2 aliphatic heterocycles. The highest BCUT2D eigenvalue weighted by molar-refractivity contribution is 8.13. The van der Waals surface area contributed by atoms with Crippen LogP contribution in [0.1, 0.15) is 62.5 Å². The Morgan fingerprint density at radius 3 is 2.61 bits per heavy atom. The van der Waals surface area contributed by atoms with Crippen molar-refractivity contribution in [1.82, 2.24) is 0 Å². The van der Waals surface area contributed by atoms with Gasteiger partial charge in [0.1, 0.15) is 0 Å². The van der Waals surface area contributed by atoms with Crippen LogP contribution in [0.2, 0.25) is 0 Å². The van der Waals surface area contributed by atoms with Crippen molar-refractivity contribution in [1.29, 1.82) is 0 Å². The Morgan fingerprint density at radius 1 is 1.06 bits per heavy atom. The molecule has 5 heteroatoms. The Labute approximate surface area is 189 Å². The second kappa shape index (κ2) is 8.87. The zero-order chi connectivity index (χ0) is 21.3. The van der Waals surface area contributed by atoms with E-state index < -0.39 is 5.72 Å². The molecule has 164 valence electrons. The number of thioether (sulfide) groups is 1. The van der Waals surface area contributed by atoms with Crippen molar-refractivity contribution < 1.29 is 14.4 Å². The molecule has 2 aromatic rings. The third-order valence-electron chi connectivity index (χ3n) is 6.95. The molecule has 0 spiro atoms. The van der Waals surface area contributed by atoms with Crippen molar-refractivity contribution in [3.63, 3.8) is 0 Å². The van der Waals surface area contributed by atoms with Crippen LogP contribution in [0, 0.1) is 0 Å². The summed E-state index contributed by atoms with van der Waals surface area (Å²) in [6.45, 7) is 4.03. The quantitative estimate of drug-likeness (QED) is 0.644. The van der Waals surface area contributed by atoms with E-state index in [4.69, 9.17) is 4.74 Å². The van der Waals surface area contributed by atoms with E-state index in [1.165, 1.54) is 37.7 Å². The maximum Gasteiger partial charge on any atom is 0.316 e. The summed E-state index contributed by atoms with van der Waals surface area (Å²) in [6, 6.07) is 17.0. The van der Waals surface area contributed by atoms with Crippen LogP contribution in [0.5, 0.6) is 5.75 Å². The van der Waals surface area contributed by atoms with Gasteiger partial charge in [-0.3, -0.25) is 0 Å². The summed E-state index contributed by atoms with van der Waals surface area (Å²) >= 11 is 1.84. The van der Waals surface area contributed by atoms with Gasteiger partial charge in [0.05, 0.1) is 13.2 Å². The van der Waals surface area contributed by atoms with E-state index in [0.717, 1.165) is 40.9 Å². The minimum atomic E-state index is -1.02. The van der Waals surface area contributed by atoms with Crippen LogP contribution in [0.3, 0.4) is 0 Å². The number of amidine groups is 1. The molecule has 0 bridgehead atoms. The van der Waals surface area contributed by atoms with E-state index in [1.54, 1.807) is 0 Å². The number of hydrogen-bond acceptors (Lipinski definition) is 4. The van der Waals surface area contributed by atoms with Gasteiger partial charge in [0.2, 0.25) is 0 Å². The van der Waals surface area contributed by atoms with Gasteiger partial charge in [-0.25, -0.2) is 9.48 Å². The third-order valence-corrected chi connectivity index (χ3v) is 8.14. The molecular formula is C26H33N2O2S+. The monoisotopic (exact) mass is 437 g/mol. The van der Waals surface area contributed by atoms with E-state index in [-0.39, 0.29) is 0 Å². The van der Waals surface area contributed by atoms with Crippen molar-refractivity contribution in [3.05, 3.63) is 59.7 Å². The molecule has 3 aliphatic rings. The smallest absolute Gasteiger partial charge is 0.316 e. The van der Waals surface area contributed by atoms with Gasteiger partial charge in [-0.05, 0) is 61.6 Å². The van der Waals surface area contributed by atoms with Gasteiger partial charge < -0.3 is 9.84 Å². The lowest BCUT2D eigenvalue weighted by atomic mass is 9.83. The molecule has 1 saturated carbocycles. The first-order chi connectivity index (χ1) is 15.2. The van der Waals surface area contributed by atoms with Gasteiger partial charge in [-0.1, -0.05) is 55.7 Å². The zero-order valence-corrected chi connectivity index (χ0v) is 19.2. The van der Waals surface area contributed by atoms with Gasteiger partial charge in [0.15, 0.2) is 18.0 Å². The first kappa shape index (κ1) is 20.9. The predicted molar refractivity (Wildman–Crippen MR) is 128 cm³/mol. The number of nitrogens with zero attached hydrogens (tertiary/aromatic N) is 2. The number of β-amino-alcohol motifs (C(OH)–C–C–N with tert-alkyl or cyclic N) is 1. The number of ether oxygens (including phenoxy) is 1. The molecule has 5 rings (SSSR count). The summed E-state index contributed by atoms with van der Waals surface area (Å²) in [7, 11) is 0. The van der Waals surface area contributed by atoms with E-state index in [0.29, 0.717) is 19.1 Å². The molecule has 0 radical (unpaired) electrons. The summed E-state index contributed by atoms with van der Waals surface area (Å²) in [6.07, 6.45) is 7.73. The van der Waals surface area contributed by atoms with Crippen LogP contribution in [0.15, 0.2) is 48.5 Å². The molecule has 1 fully saturated rings. The van der Waals surface area contributed by atoms with Crippen LogP contribution >= 0.6 is 11.8 Å². The minimum Gasteiger partial charge on any atom is -0.489 e. The van der Waals surface area contributed by atoms with Crippen molar-refractivity contribution in [2.45, 2.75) is 57.1 Å². The fourth-order valence-electron chi connectivity index (χ4n) is 5.35. The molecule has 2 aromatic carbocycles. The van der Waals surface area contributed by atoms with E-state index in [9.17, 15) is 5.11 Å².